The molecule has 1 aliphatic carbocycles. The molecule has 20 heavy (non-hydrogen) atoms. The van der Waals surface area contributed by atoms with Gasteiger partial charge in [-0.1, -0.05) is 13.8 Å². The molecule has 12 heteroatoms. The highest BCUT2D eigenvalue weighted by atomic mass is 32.3. The fourth-order valence-corrected chi connectivity index (χ4v) is 1.67. The Morgan fingerprint density at radius 3 is 1.05 bits per heavy atom. The molecule has 4 unspecified atom stereocenters. The number of rotatable bonds is 0. The maximum atomic E-state index is 8.74. The van der Waals surface area contributed by atoms with Gasteiger partial charge in [-0.15, -0.1) is 0 Å². The quantitative estimate of drug-likeness (QED) is 0.309. The van der Waals surface area contributed by atoms with E-state index in [4.69, 9.17) is 46.5 Å². The topological polar surface area (TPSA) is 201 Å². The molecule has 0 aromatic rings. The second-order valence-electron chi connectivity index (χ2n) is 4.65. The van der Waals surface area contributed by atoms with Crippen LogP contribution in [0.2, 0.25) is 0 Å². The van der Waals surface area contributed by atoms with Crippen LogP contribution in [-0.4, -0.2) is 47.1 Å². The van der Waals surface area contributed by atoms with Gasteiger partial charge in [-0.05, 0) is 24.7 Å². The Kier molecular flexibility index (Phi) is 9.70. The molecule has 0 aromatic carbocycles. The summed E-state index contributed by atoms with van der Waals surface area (Å²) in [7, 11) is -9.33. The summed E-state index contributed by atoms with van der Waals surface area (Å²) in [4.78, 5) is 0. The Labute approximate surface area is 118 Å². The lowest BCUT2D eigenvalue weighted by atomic mass is 9.77. The molecule has 1 fully saturated rings. The largest absolute Gasteiger partial charge is 0.394 e. The van der Waals surface area contributed by atoms with Crippen molar-refractivity contribution in [1.82, 2.24) is 0 Å². The van der Waals surface area contributed by atoms with Gasteiger partial charge in [0.05, 0.1) is 0 Å². The first-order chi connectivity index (χ1) is 8.61. The number of hydrogen-bond acceptors (Lipinski definition) is 6. The summed E-state index contributed by atoms with van der Waals surface area (Å²) in [5, 5.41) is 0. The Balaban J connectivity index is 0. The van der Waals surface area contributed by atoms with Crippen molar-refractivity contribution in [1.29, 1.82) is 0 Å². The molecule has 0 aliphatic heterocycles. The van der Waals surface area contributed by atoms with Gasteiger partial charge in [-0.3, -0.25) is 18.2 Å². The van der Waals surface area contributed by atoms with Crippen LogP contribution in [0.5, 0.6) is 0 Å². The Morgan fingerprint density at radius 2 is 0.900 bits per heavy atom. The smallest absolute Gasteiger partial charge is 0.326 e. The third kappa shape index (κ3) is 20.0. The van der Waals surface area contributed by atoms with Crippen molar-refractivity contribution in [3.63, 3.8) is 0 Å². The molecule has 0 aromatic heterocycles. The summed E-state index contributed by atoms with van der Waals surface area (Å²) < 4.78 is 63.2. The van der Waals surface area contributed by atoms with Crippen molar-refractivity contribution in [2.75, 3.05) is 0 Å². The van der Waals surface area contributed by atoms with Crippen LogP contribution in [0.3, 0.4) is 0 Å². The van der Waals surface area contributed by atoms with Crippen molar-refractivity contribution in [2.24, 2.45) is 23.3 Å². The standard InChI is InChI=1S/C8H18N2.2H2O4S/c1-5-3-7(9)8(10)4-6(5)2;2*1-5(2,3)4/h5-8H,3-4,9-10H2,1-2H3;2*(H2,1,2,3,4). The van der Waals surface area contributed by atoms with E-state index in [9.17, 15) is 0 Å². The highest BCUT2D eigenvalue weighted by Crippen LogP contribution is 2.27. The summed E-state index contributed by atoms with van der Waals surface area (Å²) in [6, 6.07) is 0.484. The van der Waals surface area contributed by atoms with Gasteiger partial charge in [0.1, 0.15) is 0 Å². The van der Waals surface area contributed by atoms with Crippen LogP contribution in [0.25, 0.3) is 0 Å². The van der Waals surface area contributed by atoms with Crippen LogP contribution >= 0.6 is 0 Å². The summed E-state index contributed by atoms with van der Waals surface area (Å²) in [6.07, 6.45) is 2.20. The second kappa shape index (κ2) is 8.84. The van der Waals surface area contributed by atoms with Gasteiger partial charge in [0.15, 0.2) is 0 Å². The van der Waals surface area contributed by atoms with Crippen molar-refractivity contribution < 1.29 is 35.0 Å². The van der Waals surface area contributed by atoms with E-state index in [1.54, 1.807) is 0 Å². The fourth-order valence-electron chi connectivity index (χ4n) is 1.67. The van der Waals surface area contributed by atoms with Gasteiger partial charge >= 0.3 is 20.8 Å². The predicted octanol–water partition coefficient (Wildman–Crippen LogP) is -0.599. The first kappa shape index (κ1) is 21.9. The van der Waals surface area contributed by atoms with Crippen LogP contribution in [0.1, 0.15) is 26.7 Å². The van der Waals surface area contributed by atoms with Crippen molar-refractivity contribution in [3.05, 3.63) is 0 Å². The third-order valence-electron chi connectivity index (χ3n) is 2.81. The van der Waals surface area contributed by atoms with Crippen LogP contribution in [0.4, 0.5) is 0 Å². The maximum absolute atomic E-state index is 8.74. The predicted molar refractivity (Wildman–Crippen MR) is 71.9 cm³/mol. The van der Waals surface area contributed by atoms with Gasteiger partial charge in [0.2, 0.25) is 0 Å². The number of hydrogen-bond donors (Lipinski definition) is 6. The second-order valence-corrected chi connectivity index (χ2v) is 6.44. The monoisotopic (exact) mass is 338 g/mol. The lowest BCUT2D eigenvalue weighted by Gasteiger charge is -2.34. The molecule has 10 nitrogen and oxygen atoms in total. The molecule has 0 saturated heterocycles. The average molecular weight is 338 g/mol. The molecule has 0 amide bonds. The lowest BCUT2D eigenvalue weighted by molar-refractivity contribution is 0.225. The van der Waals surface area contributed by atoms with Crippen LogP contribution < -0.4 is 11.5 Å². The number of nitrogens with two attached hydrogens (primary N) is 2. The molecular weight excluding hydrogens is 316 g/mol. The van der Waals surface area contributed by atoms with E-state index >= 15 is 0 Å². The van der Waals surface area contributed by atoms with Crippen LogP contribution in [0, 0.1) is 11.8 Å². The first-order valence-electron chi connectivity index (χ1n) is 5.52. The zero-order valence-electron chi connectivity index (χ0n) is 11.1. The molecule has 0 spiro atoms. The molecule has 1 rings (SSSR count). The SMILES string of the molecule is CC1CC(N)C(N)CC1C.O=S(=O)(O)O.O=S(=O)(O)O. The summed E-state index contributed by atoms with van der Waals surface area (Å²) >= 11 is 0. The zero-order valence-corrected chi connectivity index (χ0v) is 12.7. The molecule has 1 aliphatic rings. The van der Waals surface area contributed by atoms with E-state index < -0.39 is 20.8 Å². The summed E-state index contributed by atoms with van der Waals surface area (Å²) in [6.45, 7) is 4.52. The minimum Gasteiger partial charge on any atom is -0.326 e. The summed E-state index contributed by atoms with van der Waals surface area (Å²) in [5.41, 5.74) is 11.6. The van der Waals surface area contributed by atoms with E-state index in [1.807, 2.05) is 0 Å². The minimum atomic E-state index is -4.67. The molecule has 0 radical (unpaired) electrons. The van der Waals surface area contributed by atoms with Crippen molar-refractivity contribution in [3.8, 4) is 0 Å². The Morgan fingerprint density at radius 1 is 0.750 bits per heavy atom. The fraction of sp³-hybridized carbons (Fsp3) is 1.00. The molecular formula is C8H22N2O8S2. The third-order valence-corrected chi connectivity index (χ3v) is 2.81. The van der Waals surface area contributed by atoms with Gasteiger partial charge in [-0.2, -0.15) is 16.8 Å². The van der Waals surface area contributed by atoms with Gasteiger partial charge < -0.3 is 11.5 Å². The van der Waals surface area contributed by atoms with Crippen molar-refractivity contribution >= 4 is 20.8 Å². The van der Waals surface area contributed by atoms with E-state index in [2.05, 4.69) is 13.8 Å². The minimum absolute atomic E-state index is 0.242. The molecule has 0 heterocycles. The Hall–Kier alpha value is -0.340. The van der Waals surface area contributed by atoms with E-state index in [0.717, 1.165) is 24.7 Å². The van der Waals surface area contributed by atoms with E-state index in [0.29, 0.717) is 0 Å². The average Bonchev–Trinajstić information content (AvgIpc) is 2.09. The zero-order chi connectivity index (χ0) is 16.7. The molecule has 4 atom stereocenters. The van der Waals surface area contributed by atoms with E-state index in [-0.39, 0.29) is 12.1 Å². The summed E-state index contributed by atoms with van der Waals surface area (Å²) in [5.74, 6) is 1.52. The molecule has 124 valence electrons. The molecule has 1 saturated carbocycles. The highest BCUT2D eigenvalue weighted by molar-refractivity contribution is 7.80. The van der Waals surface area contributed by atoms with Crippen LogP contribution in [0.15, 0.2) is 0 Å². The normalized spacial score (nSPS) is 30.4. The van der Waals surface area contributed by atoms with Crippen molar-refractivity contribution in [2.45, 2.75) is 38.8 Å². The van der Waals surface area contributed by atoms with Gasteiger partial charge in [-0.25, -0.2) is 0 Å². The van der Waals surface area contributed by atoms with Crippen LogP contribution in [-0.2, 0) is 20.8 Å². The van der Waals surface area contributed by atoms with Gasteiger partial charge in [0, 0.05) is 12.1 Å². The first-order valence-corrected chi connectivity index (χ1v) is 8.31. The maximum Gasteiger partial charge on any atom is 0.394 e. The van der Waals surface area contributed by atoms with E-state index in [1.165, 1.54) is 0 Å². The van der Waals surface area contributed by atoms with Gasteiger partial charge in [0.25, 0.3) is 0 Å². The Bertz CT molecular complexity index is 391. The highest BCUT2D eigenvalue weighted by Gasteiger charge is 2.27. The lowest BCUT2D eigenvalue weighted by Crippen LogP contribution is -2.48. The molecule has 8 N–H and O–H groups in total. The molecule has 0 bridgehead atoms.